The van der Waals surface area contributed by atoms with Gasteiger partial charge in [-0.3, -0.25) is 4.79 Å². The first-order valence-corrected chi connectivity index (χ1v) is 5.90. The minimum absolute atomic E-state index is 0.407. The van der Waals surface area contributed by atoms with E-state index in [-0.39, 0.29) is 0 Å². The molecule has 1 aliphatic rings. The van der Waals surface area contributed by atoms with Gasteiger partial charge < -0.3 is 0 Å². The van der Waals surface area contributed by atoms with Gasteiger partial charge >= 0.3 is 0 Å². The monoisotopic (exact) mass is 186 g/mol. The van der Waals surface area contributed by atoms with Crippen molar-refractivity contribution in [2.75, 3.05) is 0 Å². The van der Waals surface area contributed by atoms with Crippen molar-refractivity contribution in [2.24, 2.45) is 0 Å². The molecule has 1 nitrogen and oxygen atoms in total. The largest absolute Gasteiger partial charge is 0.287 e. The Hall–Kier alpha value is 0.0200. The molecule has 0 aromatic carbocycles. The third-order valence-corrected chi connectivity index (χ3v) is 3.58. The van der Waals surface area contributed by atoms with Gasteiger partial charge in [-0.05, 0) is 19.3 Å². The van der Waals surface area contributed by atoms with E-state index in [2.05, 4.69) is 6.92 Å². The summed E-state index contributed by atoms with van der Waals surface area (Å²) in [6.07, 6.45) is 8.33. The summed E-state index contributed by atoms with van der Waals surface area (Å²) in [5.41, 5.74) is 0. The highest BCUT2D eigenvalue weighted by atomic mass is 32.2. The smallest absolute Gasteiger partial charge is 0.189 e. The Morgan fingerprint density at radius 1 is 1.33 bits per heavy atom. The van der Waals surface area contributed by atoms with Gasteiger partial charge in [0.05, 0.1) is 0 Å². The number of hydrogen-bond donors (Lipinski definition) is 0. The minimum atomic E-state index is 0.407. The van der Waals surface area contributed by atoms with Crippen LogP contribution < -0.4 is 0 Å². The molecular formula is C10H18OS. The van der Waals surface area contributed by atoms with E-state index in [1.165, 1.54) is 32.1 Å². The zero-order valence-corrected chi connectivity index (χ0v) is 8.66. The van der Waals surface area contributed by atoms with Crippen molar-refractivity contribution in [2.45, 2.75) is 57.1 Å². The van der Waals surface area contributed by atoms with Gasteiger partial charge in [0.1, 0.15) is 0 Å². The average molecular weight is 186 g/mol. The van der Waals surface area contributed by atoms with E-state index in [0.29, 0.717) is 10.4 Å². The molecule has 0 aromatic rings. The molecule has 0 heterocycles. The van der Waals surface area contributed by atoms with Crippen molar-refractivity contribution < 1.29 is 4.79 Å². The summed E-state index contributed by atoms with van der Waals surface area (Å²) in [4.78, 5) is 11.3. The lowest BCUT2D eigenvalue weighted by molar-refractivity contribution is -0.111. The van der Waals surface area contributed by atoms with Gasteiger partial charge in [0, 0.05) is 11.7 Å². The van der Waals surface area contributed by atoms with E-state index in [9.17, 15) is 4.79 Å². The van der Waals surface area contributed by atoms with Crippen LogP contribution in [0.5, 0.6) is 0 Å². The summed E-state index contributed by atoms with van der Waals surface area (Å²) in [6.45, 7) is 2.07. The maximum absolute atomic E-state index is 11.3. The van der Waals surface area contributed by atoms with Crippen LogP contribution in [0.4, 0.5) is 0 Å². The van der Waals surface area contributed by atoms with Crippen LogP contribution in [0.3, 0.4) is 0 Å². The van der Waals surface area contributed by atoms with Crippen LogP contribution in [-0.2, 0) is 4.79 Å². The van der Waals surface area contributed by atoms with Gasteiger partial charge in [0.15, 0.2) is 5.12 Å². The van der Waals surface area contributed by atoms with Gasteiger partial charge in [-0.1, -0.05) is 37.9 Å². The summed E-state index contributed by atoms with van der Waals surface area (Å²) in [5, 5.41) is 1.06. The lowest BCUT2D eigenvalue weighted by Crippen LogP contribution is -2.10. The van der Waals surface area contributed by atoms with Gasteiger partial charge in [-0.15, -0.1) is 0 Å². The molecule has 0 aliphatic heterocycles. The molecule has 0 amide bonds. The highest BCUT2D eigenvalue weighted by molar-refractivity contribution is 8.14. The van der Waals surface area contributed by atoms with E-state index in [1.807, 2.05) is 0 Å². The summed E-state index contributed by atoms with van der Waals surface area (Å²) < 4.78 is 0. The molecule has 0 N–H and O–H groups in total. The Morgan fingerprint density at radius 3 is 2.58 bits per heavy atom. The molecular weight excluding hydrogens is 168 g/mol. The van der Waals surface area contributed by atoms with Crippen molar-refractivity contribution in [3.63, 3.8) is 0 Å². The van der Waals surface area contributed by atoms with E-state index < -0.39 is 0 Å². The van der Waals surface area contributed by atoms with Crippen molar-refractivity contribution in [1.82, 2.24) is 0 Å². The average Bonchev–Trinajstić information content (AvgIpc) is 2.06. The maximum Gasteiger partial charge on any atom is 0.189 e. The SMILES string of the molecule is CCCC(=O)SC1CCCCC1. The first kappa shape index (κ1) is 10.1. The molecule has 1 aliphatic carbocycles. The Labute approximate surface area is 79.3 Å². The standard InChI is InChI=1S/C10H18OS/c1-2-6-10(11)12-9-7-4-3-5-8-9/h9H,2-8H2,1H3. The topological polar surface area (TPSA) is 17.1 Å². The van der Waals surface area contributed by atoms with Crippen molar-refractivity contribution in [1.29, 1.82) is 0 Å². The molecule has 0 saturated heterocycles. The highest BCUT2D eigenvalue weighted by Gasteiger charge is 2.16. The van der Waals surface area contributed by atoms with Crippen LogP contribution in [-0.4, -0.2) is 10.4 Å². The lowest BCUT2D eigenvalue weighted by Gasteiger charge is -2.19. The van der Waals surface area contributed by atoms with Crippen LogP contribution in [0.1, 0.15) is 51.9 Å². The zero-order chi connectivity index (χ0) is 8.81. The molecule has 70 valence electrons. The number of carbonyl (C=O) groups excluding carboxylic acids is 1. The molecule has 0 atom stereocenters. The molecule has 1 saturated carbocycles. The first-order chi connectivity index (χ1) is 5.83. The Kier molecular flexibility index (Phi) is 4.74. The molecule has 1 fully saturated rings. The fourth-order valence-electron chi connectivity index (χ4n) is 1.63. The quantitative estimate of drug-likeness (QED) is 0.672. The first-order valence-electron chi connectivity index (χ1n) is 5.02. The minimum Gasteiger partial charge on any atom is -0.287 e. The summed E-state index contributed by atoms with van der Waals surface area (Å²) in [7, 11) is 0. The predicted octanol–water partition coefficient (Wildman–Crippen LogP) is 3.38. The third-order valence-electron chi connectivity index (χ3n) is 2.30. The van der Waals surface area contributed by atoms with Crippen LogP contribution in [0.25, 0.3) is 0 Å². The van der Waals surface area contributed by atoms with E-state index in [1.54, 1.807) is 11.8 Å². The molecule has 2 heteroatoms. The van der Waals surface area contributed by atoms with Crippen LogP contribution in [0.2, 0.25) is 0 Å². The maximum atomic E-state index is 11.3. The fraction of sp³-hybridized carbons (Fsp3) is 0.900. The highest BCUT2D eigenvalue weighted by Crippen LogP contribution is 2.29. The van der Waals surface area contributed by atoms with Crippen LogP contribution in [0, 0.1) is 0 Å². The van der Waals surface area contributed by atoms with E-state index in [0.717, 1.165) is 12.8 Å². The van der Waals surface area contributed by atoms with Gasteiger partial charge in [0.25, 0.3) is 0 Å². The second-order valence-corrected chi connectivity index (χ2v) is 4.86. The molecule has 0 bridgehead atoms. The normalized spacial score (nSPS) is 19.4. The van der Waals surface area contributed by atoms with Crippen molar-refractivity contribution in [3.8, 4) is 0 Å². The zero-order valence-electron chi connectivity index (χ0n) is 7.84. The lowest BCUT2D eigenvalue weighted by atomic mass is 10.0. The number of thioether (sulfide) groups is 1. The van der Waals surface area contributed by atoms with Crippen molar-refractivity contribution >= 4 is 16.9 Å². The second-order valence-electron chi connectivity index (χ2n) is 3.50. The van der Waals surface area contributed by atoms with Crippen molar-refractivity contribution in [3.05, 3.63) is 0 Å². The van der Waals surface area contributed by atoms with Gasteiger partial charge in [0.2, 0.25) is 0 Å². The molecule has 0 unspecified atom stereocenters. The van der Waals surface area contributed by atoms with Crippen LogP contribution in [0.15, 0.2) is 0 Å². The number of carbonyl (C=O) groups is 1. The molecule has 12 heavy (non-hydrogen) atoms. The predicted molar refractivity (Wildman–Crippen MR) is 54.4 cm³/mol. The molecule has 1 rings (SSSR count). The Bertz CT molecular complexity index is 139. The van der Waals surface area contributed by atoms with Crippen LogP contribution >= 0.6 is 11.8 Å². The molecule has 0 aromatic heterocycles. The summed E-state index contributed by atoms with van der Waals surface area (Å²) in [5.74, 6) is 0. The fourth-order valence-corrected chi connectivity index (χ4v) is 2.89. The Morgan fingerprint density at radius 2 is 2.00 bits per heavy atom. The number of hydrogen-bond acceptors (Lipinski definition) is 2. The molecule has 0 radical (unpaired) electrons. The summed E-state index contributed by atoms with van der Waals surface area (Å²) >= 11 is 1.61. The summed E-state index contributed by atoms with van der Waals surface area (Å²) in [6, 6.07) is 0. The number of rotatable bonds is 3. The second kappa shape index (κ2) is 5.63. The van der Waals surface area contributed by atoms with E-state index >= 15 is 0 Å². The Balaban J connectivity index is 2.15. The van der Waals surface area contributed by atoms with Gasteiger partial charge in [-0.25, -0.2) is 0 Å². The third kappa shape index (κ3) is 3.61. The molecule has 0 spiro atoms. The van der Waals surface area contributed by atoms with E-state index in [4.69, 9.17) is 0 Å². The van der Waals surface area contributed by atoms with Gasteiger partial charge in [-0.2, -0.15) is 0 Å².